The summed E-state index contributed by atoms with van der Waals surface area (Å²) in [4.78, 5) is 14.4. The second-order valence-corrected chi connectivity index (χ2v) is 4.27. The van der Waals surface area contributed by atoms with Crippen molar-refractivity contribution in [2.24, 2.45) is 0 Å². The van der Waals surface area contributed by atoms with Gasteiger partial charge in [0.05, 0.1) is 16.3 Å². The average Bonchev–Trinajstić information content (AvgIpc) is 2.70. The van der Waals surface area contributed by atoms with Gasteiger partial charge in [-0.2, -0.15) is 13.2 Å². The van der Waals surface area contributed by atoms with Crippen molar-refractivity contribution in [1.29, 1.82) is 0 Å². The Kier molecular flexibility index (Phi) is 3.43. The number of hydrogen-bond acceptors (Lipinski definition) is 3. The summed E-state index contributed by atoms with van der Waals surface area (Å²) in [5.41, 5.74) is -0.778. The number of alkyl halides is 3. The number of carbonyl (C=O) groups is 1. The highest BCUT2D eigenvalue weighted by atomic mass is 35.5. The van der Waals surface area contributed by atoms with Gasteiger partial charge in [0.25, 0.3) is 5.82 Å². The smallest absolute Gasteiger partial charge is 0.416 e. The van der Waals surface area contributed by atoms with Crippen LogP contribution in [0.15, 0.2) is 18.2 Å². The van der Waals surface area contributed by atoms with Crippen molar-refractivity contribution in [3.05, 3.63) is 40.4 Å². The molecule has 0 spiro atoms. The summed E-state index contributed by atoms with van der Waals surface area (Å²) in [6.07, 6.45) is -4.51. The van der Waals surface area contributed by atoms with Crippen LogP contribution in [0.1, 0.15) is 22.0 Å². The van der Waals surface area contributed by atoms with Crippen LogP contribution in [0.4, 0.5) is 13.2 Å². The van der Waals surface area contributed by atoms with Crippen molar-refractivity contribution in [1.82, 2.24) is 14.8 Å². The molecule has 0 unspecified atom stereocenters. The van der Waals surface area contributed by atoms with Crippen molar-refractivity contribution in [3.8, 4) is 5.69 Å². The fraction of sp³-hybridized carbons (Fsp3) is 0.182. The van der Waals surface area contributed by atoms with E-state index in [-0.39, 0.29) is 16.5 Å². The van der Waals surface area contributed by atoms with E-state index >= 15 is 0 Å². The van der Waals surface area contributed by atoms with Crippen LogP contribution in [0.5, 0.6) is 0 Å². The third-order valence-electron chi connectivity index (χ3n) is 2.46. The zero-order valence-corrected chi connectivity index (χ0v) is 10.7. The van der Waals surface area contributed by atoms with E-state index in [2.05, 4.69) is 10.1 Å². The first kappa shape index (κ1) is 14.3. The van der Waals surface area contributed by atoms with Crippen LogP contribution in [-0.2, 0) is 6.18 Å². The lowest BCUT2D eigenvalue weighted by Crippen LogP contribution is -2.07. The number of hydrogen-bond donors (Lipinski definition) is 1. The Labute approximate surface area is 115 Å². The third-order valence-corrected chi connectivity index (χ3v) is 2.77. The quantitative estimate of drug-likeness (QED) is 0.926. The zero-order valence-electron chi connectivity index (χ0n) is 9.94. The summed E-state index contributed by atoms with van der Waals surface area (Å²) in [5.74, 6) is -1.60. The van der Waals surface area contributed by atoms with E-state index in [1.54, 1.807) is 0 Å². The van der Waals surface area contributed by atoms with E-state index in [0.29, 0.717) is 0 Å². The summed E-state index contributed by atoms with van der Waals surface area (Å²) in [5, 5.41) is 12.2. The molecule has 1 N–H and O–H groups in total. The molecular formula is C11H7ClF3N3O2. The summed E-state index contributed by atoms with van der Waals surface area (Å²) in [6, 6.07) is 2.69. The number of aromatic nitrogens is 3. The Hall–Kier alpha value is -2.09. The van der Waals surface area contributed by atoms with E-state index in [1.165, 1.54) is 6.92 Å². The Bertz CT molecular complexity index is 682. The van der Waals surface area contributed by atoms with Gasteiger partial charge in [0, 0.05) is 0 Å². The molecule has 0 fully saturated rings. The minimum atomic E-state index is -4.51. The van der Waals surface area contributed by atoms with Crippen LogP contribution in [0.25, 0.3) is 5.69 Å². The van der Waals surface area contributed by atoms with Gasteiger partial charge in [-0.05, 0) is 25.1 Å². The minimum Gasteiger partial charge on any atom is -0.475 e. The van der Waals surface area contributed by atoms with Gasteiger partial charge >= 0.3 is 12.1 Å². The Morgan fingerprint density at radius 1 is 1.40 bits per heavy atom. The van der Waals surface area contributed by atoms with E-state index in [9.17, 15) is 18.0 Å². The highest BCUT2D eigenvalue weighted by molar-refractivity contribution is 6.32. The molecule has 1 aromatic carbocycles. The van der Waals surface area contributed by atoms with Gasteiger partial charge in [0.1, 0.15) is 5.82 Å². The fourth-order valence-electron chi connectivity index (χ4n) is 1.56. The molecule has 0 aliphatic heterocycles. The maximum absolute atomic E-state index is 12.5. The molecule has 0 aliphatic rings. The van der Waals surface area contributed by atoms with Crippen LogP contribution >= 0.6 is 11.6 Å². The summed E-state index contributed by atoms with van der Waals surface area (Å²) in [6.45, 7) is 1.47. The van der Waals surface area contributed by atoms with Gasteiger partial charge in [0.15, 0.2) is 0 Å². The predicted octanol–water partition coefficient (Wildman–Crippen LogP) is 2.95. The van der Waals surface area contributed by atoms with Crippen LogP contribution in [0, 0.1) is 6.92 Å². The van der Waals surface area contributed by atoms with Gasteiger partial charge in [-0.3, -0.25) is 0 Å². The number of rotatable bonds is 2. The lowest BCUT2D eigenvalue weighted by atomic mass is 10.2. The molecule has 0 aliphatic carbocycles. The second-order valence-electron chi connectivity index (χ2n) is 3.86. The minimum absolute atomic E-state index is 0.122. The molecule has 0 radical (unpaired) electrons. The number of aromatic carboxylic acids is 1. The molecule has 2 rings (SSSR count). The van der Waals surface area contributed by atoms with Crippen molar-refractivity contribution in [2.45, 2.75) is 13.1 Å². The fourth-order valence-corrected chi connectivity index (χ4v) is 1.82. The van der Waals surface area contributed by atoms with Crippen LogP contribution in [0.2, 0.25) is 5.02 Å². The average molecular weight is 306 g/mol. The van der Waals surface area contributed by atoms with E-state index in [1.807, 2.05) is 0 Å². The van der Waals surface area contributed by atoms with Gasteiger partial charge in [-0.1, -0.05) is 11.6 Å². The molecule has 2 aromatic rings. The number of aryl methyl sites for hydroxylation is 1. The molecule has 1 heterocycles. The normalized spacial score (nSPS) is 11.7. The molecule has 9 heteroatoms. The maximum Gasteiger partial charge on any atom is 0.416 e. The number of benzene rings is 1. The third kappa shape index (κ3) is 2.60. The number of carboxylic acid groups (broad SMARTS) is 1. The van der Waals surface area contributed by atoms with E-state index < -0.39 is 23.5 Å². The van der Waals surface area contributed by atoms with Gasteiger partial charge in [-0.25, -0.2) is 14.5 Å². The van der Waals surface area contributed by atoms with Gasteiger partial charge < -0.3 is 5.11 Å². The second kappa shape index (κ2) is 4.78. The highest BCUT2D eigenvalue weighted by Crippen LogP contribution is 2.33. The lowest BCUT2D eigenvalue weighted by molar-refractivity contribution is -0.137. The molecular weight excluding hydrogens is 299 g/mol. The molecule has 0 atom stereocenters. The Morgan fingerprint density at radius 3 is 2.50 bits per heavy atom. The summed E-state index contributed by atoms with van der Waals surface area (Å²) in [7, 11) is 0. The van der Waals surface area contributed by atoms with E-state index in [0.717, 1.165) is 22.9 Å². The first-order valence-electron chi connectivity index (χ1n) is 5.24. The van der Waals surface area contributed by atoms with Gasteiger partial charge in [0.2, 0.25) is 0 Å². The summed E-state index contributed by atoms with van der Waals surface area (Å²) >= 11 is 5.79. The standard InChI is InChI=1S/C11H7ClF3N3O2/c1-5-16-9(10(19)20)17-18(5)8-3-2-6(4-7(8)12)11(13,14)15/h2-4H,1H3,(H,19,20). The van der Waals surface area contributed by atoms with Crippen molar-refractivity contribution in [3.63, 3.8) is 0 Å². The lowest BCUT2D eigenvalue weighted by Gasteiger charge is -2.10. The summed E-state index contributed by atoms with van der Waals surface area (Å²) < 4.78 is 38.6. The van der Waals surface area contributed by atoms with Crippen LogP contribution < -0.4 is 0 Å². The molecule has 1 aromatic heterocycles. The van der Waals surface area contributed by atoms with E-state index in [4.69, 9.17) is 16.7 Å². The van der Waals surface area contributed by atoms with Crippen molar-refractivity contribution >= 4 is 17.6 Å². The molecule has 5 nitrogen and oxygen atoms in total. The maximum atomic E-state index is 12.5. The largest absolute Gasteiger partial charge is 0.475 e. The highest BCUT2D eigenvalue weighted by Gasteiger charge is 2.31. The molecule has 0 saturated carbocycles. The first-order valence-corrected chi connectivity index (χ1v) is 5.62. The zero-order chi connectivity index (χ0) is 15.1. The van der Waals surface area contributed by atoms with Crippen molar-refractivity contribution in [2.75, 3.05) is 0 Å². The Balaban J connectivity index is 2.51. The molecule has 20 heavy (non-hydrogen) atoms. The van der Waals surface area contributed by atoms with Crippen LogP contribution in [-0.4, -0.2) is 25.8 Å². The first-order chi connectivity index (χ1) is 9.20. The SMILES string of the molecule is Cc1nc(C(=O)O)nn1-c1ccc(C(F)(F)F)cc1Cl. The number of nitrogens with zero attached hydrogens (tertiary/aromatic N) is 3. The van der Waals surface area contributed by atoms with Crippen LogP contribution in [0.3, 0.4) is 0 Å². The molecule has 0 saturated heterocycles. The number of carboxylic acids is 1. The van der Waals surface area contributed by atoms with Gasteiger partial charge in [-0.15, -0.1) is 5.10 Å². The number of halogens is 4. The topological polar surface area (TPSA) is 68.0 Å². The molecule has 106 valence electrons. The molecule has 0 bridgehead atoms. The monoisotopic (exact) mass is 305 g/mol. The predicted molar refractivity (Wildman–Crippen MR) is 63.1 cm³/mol. The van der Waals surface area contributed by atoms with Crippen molar-refractivity contribution < 1.29 is 23.1 Å². The Morgan fingerprint density at radius 2 is 2.05 bits per heavy atom. The molecule has 0 amide bonds.